The lowest BCUT2D eigenvalue weighted by atomic mass is 9.93. The summed E-state index contributed by atoms with van der Waals surface area (Å²) in [6, 6.07) is 14.7. The first kappa shape index (κ1) is 21.6. The average molecular weight is 441 g/mol. The molecule has 2 aliphatic heterocycles. The van der Waals surface area contributed by atoms with Crippen molar-refractivity contribution < 1.29 is 18.0 Å². The van der Waals surface area contributed by atoms with Crippen LogP contribution in [0.25, 0.3) is 0 Å². The molecule has 4 rings (SSSR count). The normalized spacial score (nSPS) is 19.1. The Kier molecular flexibility index (Phi) is 6.14. The summed E-state index contributed by atoms with van der Waals surface area (Å²) in [4.78, 5) is 30.1. The predicted octanol–water partition coefficient (Wildman–Crippen LogP) is 2.85. The molecule has 0 saturated carbocycles. The van der Waals surface area contributed by atoms with E-state index in [1.54, 1.807) is 23.1 Å². The number of nitrogens with zero attached hydrogens (tertiary/aromatic N) is 2. The molecule has 2 aromatic rings. The topological polar surface area (TPSA) is 74.8 Å². The van der Waals surface area contributed by atoms with Gasteiger partial charge in [0.15, 0.2) is 9.84 Å². The molecule has 2 aliphatic rings. The van der Waals surface area contributed by atoms with Crippen molar-refractivity contribution >= 4 is 27.3 Å². The molecule has 1 unspecified atom stereocenters. The van der Waals surface area contributed by atoms with E-state index in [4.69, 9.17) is 0 Å². The zero-order chi connectivity index (χ0) is 22.0. The molecule has 6 nitrogen and oxygen atoms in total. The van der Waals surface area contributed by atoms with E-state index in [-0.39, 0.29) is 22.6 Å². The molecule has 1 saturated heterocycles. The van der Waals surface area contributed by atoms with Gasteiger partial charge in [0.1, 0.15) is 0 Å². The van der Waals surface area contributed by atoms with Crippen molar-refractivity contribution in [2.75, 3.05) is 30.8 Å². The van der Waals surface area contributed by atoms with Crippen molar-refractivity contribution in [1.82, 2.24) is 4.90 Å². The van der Waals surface area contributed by atoms with Gasteiger partial charge in [0.2, 0.25) is 11.8 Å². The van der Waals surface area contributed by atoms with Gasteiger partial charge in [-0.2, -0.15) is 0 Å². The minimum absolute atomic E-state index is 0.0327. The largest absolute Gasteiger partial charge is 0.342 e. The Balaban J connectivity index is 1.48. The molecule has 164 valence electrons. The van der Waals surface area contributed by atoms with E-state index in [0.717, 1.165) is 42.5 Å². The lowest BCUT2D eigenvalue weighted by Crippen LogP contribution is -2.48. The molecular formula is C24H28N2O4S. The molecule has 31 heavy (non-hydrogen) atoms. The first-order valence-electron chi connectivity index (χ1n) is 10.8. The Morgan fingerprint density at radius 1 is 1.03 bits per heavy atom. The van der Waals surface area contributed by atoms with Crippen LogP contribution in [0, 0.1) is 5.92 Å². The molecule has 0 bridgehead atoms. The van der Waals surface area contributed by atoms with Crippen molar-refractivity contribution in [3.63, 3.8) is 0 Å². The van der Waals surface area contributed by atoms with Gasteiger partial charge in [0.05, 0.1) is 17.2 Å². The number of likely N-dealkylation sites (tertiary alicyclic amines) is 1. The van der Waals surface area contributed by atoms with Gasteiger partial charge in [-0.25, -0.2) is 8.42 Å². The van der Waals surface area contributed by atoms with Crippen molar-refractivity contribution in [2.45, 2.75) is 37.0 Å². The number of anilines is 1. The van der Waals surface area contributed by atoms with E-state index in [9.17, 15) is 18.0 Å². The number of sulfone groups is 1. The van der Waals surface area contributed by atoms with Gasteiger partial charge in [-0.15, -0.1) is 0 Å². The number of rotatable bonds is 4. The lowest BCUT2D eigenvalue weighted by molar-refractivity contribution is -0.134. The third-order valence-electron chi connectivity index (χ3n) is 6.19. The van der Waals surface area contributed by atoms with E-state index < -0.39 is 9.84 Å². The fourth-order valence-corrected chi connectivity index (χ4v) is 5.21. The molecule has 0 aromatic heterocycles. The first-order chi connectivity index (χ1) is 14.8. The Labute approximate surface area is 183 Å². The van der Waals surface area contributed by atoms with Crippen LogP contribution in [-0.2, 0) is 32.3 Å². The van der Waals surface area contributed by atoms with Crippen molar-refractivity contribution in [3.05, 3.63) is 59.7 Å². The van der Waals surface area contributed by atoms with Crippen molar-refractivity contribution in [3.8, 4) is 0 Å². The average Bonchev–Trinajstić information content (AvgIpc) is 2.78. The monoisotopic (exact) mass is 440 g/mol. The summed E-state index contributed by atoms with van der Waals surface area (Å²) in [6.07, 6.45) is 4.68. The second-order valence-corrected chi connectivity index (χ2v) is 10.5. The highest BCUT2D eigenvalue weighted by Gasteiger charge is 2.33. The number of amides is 2. The SMILES string of the molecule is CS(=O)(=O)c1ccc2c(c1)CCCN2C(=O)C1CCCN(C(=O)Cc2ccccc2)C1. The van der Waals surface area contributed by atoms with Crippen LogP contribution < -0.4 is 4.90 Å². The maximum absolute atomic E-state index is 13.4. The van der Waals surface area contributed by atoms with E-state index in [1.165, 1.54) is 6.26 Å². The highest BCUT2D eigenvalue weighted by molar-refractivity contribution is 7.90. The molecule has 0 radical (unpaired) electrons. The summed E-state index contributed by atoms with van der Waals surface area (Å²) in [5, 5.41) is 0. The van der Waals surface area contributed by atoms with Gasteiger partial charge in [0, 0.05) is 31.6 Å². The minimum atomic E-state index is -3.28. The number of carbonyl (C=O) groups excluding carboxylic acids is 2. The van der Waals surface area contributed by atoms with Crippen LogP contribution in [0.3, 0.4) is 0 Å². The van der Waals surface area contributed by atoms with Crippen LogP contribution in [0.4, 0.5) is 5.69 Å². The van der Waals surface area contributed by atoms with E-state index in [1.807, 2.05) is 35.2 Å². The standard InChI is InChI=1S/C24H28N2O4S/c1-31(29,30)21-11-12-22-19(16-21)9-6-14-26(22)24(28)20-10-5-13-25(17-20)23(27)15-18-7-3-2-4-8-18/h2-4,7-8,11-12,16,20H,5-6,9-10,13-15,17H2,1H3. The number of piperidine rings is 1. The summed E-state index contributed by atoms with van der Waals surface area (Å²) >= 11 is 0. The molecule has 1 fully saturated rings. The summed E-state index contributed by atoms with van der Waals surface area (Å²) in [5.74, 6) is -0.139. The Bertz CT molecular complexity index is 1080. The van der Waals surface area contributed by atoms with Crippen LogP contribution >= 0.6 is 0 Å². The Morgan fingerprint density at radius 3 is 2.55 bits per heavy atom. The lowest BCUT2D eigenvalue weighted by Gasteiger charge is -2.37. The van der Waals surface area contributed by atoms with Gasteiger partial charge in [-0.05, 0) is 55.0 Å². The first-order valence-corrected chi connectivity index (χ1v) is 12.7. The van der Waals surface area contributed by atoms with Crippen LogP contribution in [0.1, 0.15) is 30.4 Å². The zero-order valence-electron chi connectivity index (χ0n) is 17.8. The van der Waals surface area contributed by atoms with Gasteiger partial charge in [-0.1, -0.05) is 30.3 Å². The second-order valence-electron chi connectivity index (χ2n) is 8.50. The summed E-state index contributed by atoms with van der Waals surface area (Å²) in [6.45, 7) is 1.75. The smallest absolute Gasteiger partial charge is 0.231 e. The van der Waals surface area contributed by atoms with Crippen LogP contribution in [0.15, 0.2) is 53.4 Å². The summed E-state index contributed by atoms with van der Waals surface area (Å²) in [7, 11) is -3.28. The van der Waals surface area contributed by atoms with Crippen molar-refractivity contribution in [1.29, 1.82) is 0 Å². The molecule has 2 amide bonds. The summed E-state index contributed by atoms with van der Waals surface area (Å²) < 4.78 is 23.8. The van der Waals surface area contributed by atoms with Crippen LogP contribution in [-0.4, -0.2) is 51.0 Å². The Hall–Kier alpha value is -2.67. The fraction of sp³-hybridized carbons (Fsp3) is 0.417. The molecule has 2 aromatic carbocycles. The number of carbonyl (C=O) groups is 2. The quantitative estimate of drug-likeness (QED) is 0.733. The molecule has 0 spiro atoms. The number of hydrogen-bond acceptors (Lipinski definition) is 4. The van der Waals surface area contributed by atoms with E-state index >= 15 is 0 Å². The molecule has 0 aliphatic carbocycles. The molecular weight excluding hydrogens is 412 g/mol. The fourth-order valence-electron chi connectivity index (χ4n) is 4.54. The second kappa shape index (κ2) is 8.83. The highest BCUT2D eigenvalue weighted by atomic mass is 32.2. The molecule has 2 heterocycles. The van der Waals surface area contributed by atoms with Crippen LogP contribution in [0.5, 0.6) is 0 Å². The third-order valence-corrected chi connectivity index (χ3v) is 7.30. The van der Waals surface area contributed by atoms with Gasteiger partial charge < -0.3 is 9.80 Å². The third kappa shape index (κ3) is 4.82. The van der Waals surface area contributed by atoms with E-state index in [2.05, 4.69) is 0 Å². The molecule has 0 N–H and O–H groups in total. The van der Waals surface area contributed by atoms with Crippen molar-refractivity contribution in [2.24, 2.45) is 5.92 Å². The number of fused-ring (bicyclic) bond motifs is 1. The van der Waals surface area contributed by atoms with Gasteiger partial charge in [0.25, 0.3) is 0 Å². The van der Waals surface area contributed by atoms with Gasteiger partial charge >= 0.3 is 0 Å². The zero-order valence-corrected chi connectivity index (χ0v) is 18.6. The highest BCUT2D eigenvalue weighted by Crippen LogP contribution is 2.32. The maximum Gasteiger partial charge on any atom is 0.231 e. The predicted molar refractivity (Wildman–Crippen MR) is 120 cm³/mol. The summed E-state index contributed by atoms with van der Waals surface area (Å²) in [5.41, 5.74) is 2.68. The number of benzene rings is 2. The van der Waals surface area contributed by atoms with Gasteiger partial charge in [-0.3, -0.25) is 9.59 Å². The minimum Gasteiger partial charge on any atom is -0.342 e. The van der Waals surface area contributed by atoms with Crippen LogP contribution in [0.2, 0.25) is 0 Å². The maximum atomic E-state index is 13.4. The molecule has 7 heteroatoms. The number of hydrogen-bond donors (Lipinski definition) is 0. The molecule has 1 atom stereocenters. The Morgan fingerprint density at radius 2 is 1.81 bits per heavy atom. The number of aryl methyl sites for hydroxylation is 1. The van der Waals surface area contributed by atoms with E-state index in [0.29, 0.717) is 26.1 Å².